The zero-order valence-electron chi connectivity index (χ0n) is 10.7. The van der Waals surface area contributed by atoms with Gasteiger partial charge in [-0.2, -0.15) is 0 Å². The minimum Gasteiger partial charge on any atom is -0.391 e. The van der Waals surface area contributed by atoms with Gasteiger partial charge in [0.15, 0.2) is 0 Å². The number of hydrogen-bond acceptors (Lipinski definition) is 2. The number of hydrogen-bond donors (Lipinski definition) is 2. The second-order valence-electron chi connectivity index (χ2n) is 5.03. The van der Waals surface area contributed by atoms with Gasteiger partial charge >= 0.3 is 0 Å². The van der Waals surface area contributed by atoms with Crippen molar-refractivity contribution in [3.8, 4) is 0 Å². The van der Waals surface area contributed by atoms with Gasteiger partial charge in [-0.15, -0.1) is 0 Å². The van der Waals surface area contributed by atoms with Crippen LogP contribution in [0.15, 0.2) is 24.3 Å². The summed E-state index contributed by atoms with van der Waals surface area (Å²) in [6, 6.07) is 8.57. The smallest absolute Gasteiger partial charge is 0.0744 e. The zero-order valence-corrected chi connectivity index (χ0v) is 10.7. The van der Waals surface area contributed by atoms with E-state index in [4.69, 9.17) is 0 Å². The number of anilines is 1. The Morgan fingerprint density at radius 3 is 2.88 bits per heavy atom. The van der Waals surface area contributed by atoms with Crippen molar-refractivity contribution in [2.75, 3.05) is 5.32 Å². The Morgan fingerprint density at radius 1 is 1.29 bits per heavy atom. The molecular weight excluding hydrogens is 210 g/mol. The molecule has 2 nitrogen and oxygen atoms in total. The van der Waals surface area contributed by atoms with E-state index in [1.54, 1.807) is 0 Å². The first-order chi connectivity index (χ1) is 8.31. The summed E-state index contributed by atoms with van der Waals surface area (Å²) in [5.41, 5.74) is 2.54. The fraction of sp³-hybridized carbons (Fsp3) is 0.600. The number of aliphatic hydroxyl groups is 1. The van der Waals surface area contributed by atoms with Crippen molar-refractivity contribution in [2.24, 2.45) is 0 Å². The first-order valence-corrected chi connectivity index (χ1v) is 6.83. The monoisotopic (exact) mass is 233 g/mol. The number of benzene rings is 1. The summed E-state index contributed by atoms with van der Waals surface area (Å²) in [6.07, 6.45) is 6.60. The van der Waals surface area contributed by atoms with Crippen LogP contribution in [0.3, 0.4) is 0 Å². The molecule has 0 saturated heterocycles. The Balaban J connectivity index is 1.78. The second-order valence-corrected chi connectivity index (χ2v) is 5.03. The maximum absolute atomic E-state index is 10.2. The summed E-state index contributed by atoms with van der Waals surface area (Å²) in [4.78, 5) is 0. The van der Waals surface area contributed by atoms with Gasteiger partial charge in [-0.05, 0) is 24.5 Å². The zero-order chi connectivity index (χ0) is 12.1. The Labute approximate surface area is 104 Å². The predicted octanol–water partition coefficient (Wildman–Crippen LogP) is 3.35. The third kappa shape index (κ3) is 3.22. The molecular formula is C15H23NO. The minimum atomic E-state index is -0.209. The van der Waals surface area contributed by atoms with E-state index in [0.717, 1.165) is 19.3 Å². The summed E-state index contributed by atoms with van der Waals surface area (Å²) in [5, 5.41) is 13.6. The van der Waals surface area contributed by atoms with Gasteiger partial charge < -0.3 is 10.4 Å². The molecule has 0 saturated carbocycles. The number of unbranched alkanes of at least 4 members (excludes halogenated alkanes) is 3. The standard InChI is InChI=1S/C15H23NO/c1-2-3-4-5-10-15(17)14-11-12-8-6-7-9-13(12)16-14/h6-9,14-17H,2-5,10-11H2,1H3. The average molecular weight is 233 g/mol. The highest BCUT2D eigenvalue weighted by molar-refractivity contribution is 5.56. The maximum atomic E-state index is 10.2. The number of rotatable bonds is 6. The molecule has 2 N–H and O–H groups in total. The van der Waals surface area contributed by atoms with E-state index in [1.807, 2.05) is 6.07 Å². The molecule has 0 spiro atoms. The molecule has 0 aliphatic carbocycles. The van der Waals surface area contributed by atoms with Gasteiger partial charge in [-0.1, -0.05) is 50.8 Å². The van der Waals surface area contributed by atoms with Crippen LogP contribution in [0.1, 0.15) is 44.6 Å². The summed E-state index contributed by atoms with van der Waals surface area (Å²) in [6.45, 7) is 2.21. The lowest BCUT2D eigenvalue weighted by atomic mass is 10.0. The summed E-state index contributed by atoms with van der Waals surface area (Å²) in [5.74, 6) is 0. The van der Waals surface area contributed by atoms with Crippen LogP contribution >= 0.6 is 0 Å². The maximum Gasteiger partial charge on any atom is 0.0744 e. The normalized spacial score (nSPS) is 19.8. The molecule has 2 atom stereocenters. The van der Waals surface area contributed by atoms with Crippen LogP contribution in [0, 0.1) is 0 Å². The lowest BCUT2D eigenvalue weighted by Gasteiger charge is -2.18. The van der Waals surface area contributed by atoms with Crippen LogP contribution in [0.2, 0.25) is 0 Å². The van der Waals surface area contributed by atoms with Crippen molar-refractivity contribution < 1.29 is 5.11 Å². The SMILES string of the molecule is CCCCCCC(O)C1Cc2ccccc2N1. The molecule has 1 aromatic carbocycles. The van der Waals surface area contributed by atoms with Gasteiger partial charge in [-0.25, -0.2) is 0 Å². The molecule has 0 amide bonds. The highest BCUT2D eigenvalue weighted by atomic mass is 16.3. The molecule has 0 aromatic heterocycles. The van der Waals surface area contributed by atoms with Crippen molar-refractivity contribution in [1.82, 2.24) is 0 Å². The van der Waals surface area contributed by atoms with Crippen LogP contribution in [0.25, 0.3) is 0 Å². The van der Waals surface area contributed by atoms with Crippen molar-refractivity contribution in [3.63, 3.8) is 0 Å². The third-order valence-electron chi connectivity index (χ3n) is 3.62. The van der Waals surface area contributed by atoms with E-state index in [1.165, 1.54) is 30.5 Å². The molecule has 0 fully saturated rings. The Bertz CT molecular complexity index is 326. The van der Waals surface area contributed by atoms with E-state index in [9.17, 15) is 5.11 Å². The molecule has 0 radical (unpaired) electrons. The lowest BCUT2D eigenvalue weighted by molar-refractivity contribution is 0.141. The summed E-state index contributed by atoms with van der Waals surface area (Å²) < 4.78 is 0. The van der Waals surface area contributed by atoms with Gasteiger partial charge in [0, 0.05) is 5.69 Å². The van der Waals surface area contributed by atoms with E-state index in [2.05, 4.69) is 30.4 Å². The minimum absolute atomic E-state index is 0.209. The summed E-state index contributed by atoms with van der Waals surface area (Å²) >= 11 is 0. The summed E-state index contributed by atoms with van der Waals surface area (Å²) in [7, 11) is 0. The van der Waals surface area contributed by atoms with Gasteiger partial charge in [0.2, 0.25) is 0 Å². The second kappa shape index (κ2) is 6.06. The van der Waals surface area contributed by atoms with Crippen molar-refractivity contribution in [2.45, 2.75) is 57.6 Å². The molecule has 1 heterocycles. The van der Waals surface area contributed by atoms with Gasteiger partial charge in [-0.3, -0.25) is 0 Å². The molecule has 2 unspecified atom stereocenters. The molecule has 94 valence electrons. The van der Waals surface area contributed by atoms with Crippen LogP contribution in [0.4, 0.5) is 5.69 Å². The highest BCUT2D eigenvalue weighted by Gasteiger charge is 2.25. The number of fused-ring (bicyclic) bond motifs is 1. The topological polar surface area (TPSA) is 32.3 Å². The fourth-order valence-corrected chi connectivity index (χ4v) is 2.54. The van der Waals surface area contributed by atoms with E-state index in [0.29, 0.717) is 0 Å². The third-order valence-corrected chi connectivity index (χ3v) is 3.62. The first kappa shape index (κ1) is 12.4. The molecule has 1 aliphatic rings. The molecule has 2 rings (SSSR count). The largest absolute Gasteiger partial charge is 0.391 e. The van der Waals surface area contributed by atoms with E-state index in [-0.39, 0.29) is 12.1 Å². The first-order valence-electron chi connectivity index (χ1n) is 6.83. The van der Waals surface area contributed by atoms with Crippen molar-refractivity contribution in [1.29, 1.82) is 0 Å². The molecule has 17 heavy (non-hydrogen) atoms. The van der Waals surface area contributed by atoms with Crippen molar-refractivity contribution in [3.05, 3.63) is 29.8 Å². The lowest BCUT2D eigenvalue weighted by Crippen LogP contribution is -2.31. The Morgan fingerprint density at radius 2 is 2.12 bits per heavy atom. The molecule has 0 bridgehead atoms. The van der Waals surface area contributed by atoms with Crippen LogP contribution < -0.4 is 5.32 Å². The van der Waals surface area contributed by atoms with E-state index >= 15 is 0 Å². The fourth-order valence-electron chi connectivity index (χ4n) is 2.54. The number of nitrogens with one attached hydrogen (secondary N) is 1. The van der Waals surface area contributed by atoms with Crippen molar-refractivity contribution >= 4 is 5.69 Å². The van der Waals surface area contributed by atoms with Crippen LogP contribution in [0.5, 0.6) is 0 Å². The highest BCUT2D eigenvalue weighted by Crippen LogP contribution is 2.27. The Hall–Kier alpha value is -1.02. The average Bonchev–Trinajstić information content (AvgIpc) is 2.78. The molecule has 1 aromatic rings. The van der Waals surface area contributed by atoms with E-state index < -0.39 is 0 Å². The van der Waals surface area contributed by atoms with Crippen LogP contribution in [-0.2, 0) is 6.42 Å². The van der Waals surface area contributed by atoms with Crippen LogP contribution in [-0.4, -0.2) is 17.3 Å². The van der Waals surface area contributed by atoms with Gasteiger partial charge in [0.05, 0.1) is 12.1 Å². The number of aliphatic hydroxyl groups excluding tert-OH is 1. The number of para-hydroxylation sites is 1. The van der Waals surface area contributed by atoms with Gasteiger partial charge in [0.1, 0.15) is 0 Å². The molecule has 2 heteroatoms. The predicted molar refractivity (Wildman–Crippen MR) is 72.3 cm³/mol. The Kier molecular flexibility index (Phi) is 4.43. The van der Waals surface area contributed by atoms with Gasteiger partial charge in [0.25, 0.3) is 0 Å². The quantitative estimate of drug-likeness (QED) is 0.738. The molecule has 1 aliphatic heterocycles.